The largest absolute Gasteiger partial charge is 0.456 e. The molecule has 1 amide bonds. The number of carbonyl (C=O) groups excluding carboxylic acids is 2. The van der Waals surface area contributed by atoms with E-state index >= 15 is 0 Å². The zero-order chi connectivity index (χ0) is 18.8. The van der Waals surface area contributed by atoms with Crippen LogP contribution in [0, 0.1) is 13.8 Å². The third-order valence-electron chi connectivity index (χ3n) is 3.38. The molecule has 9 heteroatoms. The van der Waals surface area contributed by atoms with E-state index in [1.54, 1.807) is 13.8 Å². The molecule has 0 bridgehead atoms. The minimum absolute atomic E-state index is 0.218. The molecule has 134 valence electrons. The van der Waals surface area contributed by atoms with Crippen molar-refractivity contribution in [2.75, 3.05) is 11.9 Å². The lowest BCUT2D eigenvalue weighted by atomic mass is 10.2. The van der Waals surface area contributed by atoms with E-state index in [1.807, 2.05) is 0 Å². The Bertz CT molecular complexity index is 813. The van der Waals surface area contributed by atoms with E-state index in [-0.39, 0.29) is 5.69 Å². The van der Waals surface area contributed by atoms with Gasteiger partial charge in [0.05, 0.1) is 28.3 Å². The Labute approximate surface area is 141 Å². The lowest BCUT2D eigenvalue weighted by molar-refractivity contribution is -0.145. The molecule has 0 atom stereocenters. The van der Waals surface area contributed by atoms with E-state index < -0.39 is 30.2 Å². The molecule has 0 aliphatic rings. The Morgan fingerprint density at radius 3 is 2.56 bits per heavy atom. The van der Waals surface area contributed by atoms with Crippen LogP contribution in [0.3, 0.4) is 0 Å². The van der Waals surface area contributed by atoms with Gasteiger partial charge in [-0.3, -0.25) is 9.59 Å². The van der Waals surface area contributed by atoms with Crippen molar-refractivity contribution in [3.63, 3.8) is 0 Å². The summed E-state index contributed by atoms with van der Waals surface area (Å²) in [4.78, 5) is 22.5. The lowest BCUT2D eigenvalue weighted by Crippen LogP contribution is -2.20. The quantitative estimate of drug-likeness (QED) is 0.856. The van der Waals surface area contributed by atoms with Gasteiger partial charge in [-0.25, -0.2) is 4.68 Å². The number of alkyl halides is 3. The van der Waals surface area contributed by atoms with Crippen LogP contribution in [0.5, 0.6) is 0 Å². The number of rotatable bonds is 4. The molecular formula is C16H16F3N3O3. The van der Waals surface area contributed by atoms with Crippen LogP contribution >= 0.6 is 0 Å². The number of hydrogen-bond donors (Lipinski definition) is 1. The molecule has 0 unspecified atom stereocenters. The summed E-state index contributed by atoms with van der Waals surface area (Å²) in [6.45, 7) is 3.94. The summed E-state index contributed by atoms with van der Waals surface area (Å²) >= 11 is 0. The highest BCUT2D eigenvalue weighted by Gasteiger charge is 2.30. The SMILES string of the molecule is CC(=O)OCC(=O)Nc1c(C)nn(-c2cccc(C(F)(F)F)c2)c1C. The van der Waals surface area contributed by atoms with E-state index in [0.717, 1.165) is 12.1 Å². The number of ether oxygens (including phenoxy) is 1. The molecule has 0 fully saturated rings. The predicted octanol–water partition coefficient (Wildman–Crippen LogP) is 3.01. The predicted molar refractivity (Wildman–Crippen MR) is 83.3 cm³/mol. The first-order chi connectivity index (χ1) is 11.6. The number of anilines is 1. The molecule has 1 N–H and O–H groups in total. The maximum Gasteiger partial charge on any atom is 0.416 e. The van der Waals surface area contributed by atoms with E-state index in [0.29, 0.717) is 17.1 Å². The standard InChI is InChI=1S/C16H16F3N3O3/c1-9-15(20-14(24)8-25-11(3)23)10(2)22(21-9)13-6-4-5-12(7-13)16(17,18)19/h4-7H,8H2,1-3H3,(H,20,24). The molecule has 0 saturated carbocycles. The molecule has 0 aliphatic heterocycles. The third kappa shape index (κ3) is 4.37. The minimum Gasteiger partial charge on any atom is -0.456 e. The van der Waals surface area contributed by atoms with Crippen LogP contribution < -0.4 is 5.32 Å². The van der Waals surface area contributed by atoms with Crippen LogP contribution in [-0.4, -0.2) is 28.3 Å². The monoisotopic (exact) mass is 355 g/mol. The molecule has 0 radical (unpaired) electrons. The zero-order valence-corrected chi connectivity index (χ0v) is 13.8. The first-order valence-electron chi connectivity index (χ1n) is 7.26. The van der Waals surface area contributed by atoms with Crippen LogP contribution in [0.2, 0.25) is 0 Å². The summed E-state index contributed by atoms with van der Waals surface area (Å²) in [6, 6.07) is 4.72. The molecule has 1 aromatic carbocycles. The number of hydrogen-bond acceptors (Lipinski definition) is 4. The molecule has 1 aromatic heterocycles. The summed E-state index contributed by atoms with van der Waals surface area (Å²) in [6.07, 6.45) is -4.47. The Kier molecular flexibility index (Phi) is 5.15. The van der Waals surface area contributed by atoms with Crippen molar-refractivity contribution in [1.82, 2.24) is 9.78 Å². The second-order valence-corrected chi connectivity index (χ2v) is 5.33. The van der Waals surface area contributed by atoms with Gasteiger partial charge in [-0.2, -0.15) is 18.3 Å². The number of aryl methyl sites for hydroxylation is 1. The minimum atomic E-state index is -4.47. The average Bonchev–Trinajstić information content (AvgIpc) is 2.80. The Morgan fingerprint density at radius 1 is 1.28 bits per heavy atom. The summed E-state index contributed by atoms with van der Waals surface area (Å²) < 4.78 is 44.5. The van der Waals surface area contributed by atoms with E-state index in [4.69, 9.17) is 0 Å². The number of benzene rings is 1. The highest BCUT2D eigenvalue weighted by Crippen LogP contribution is 2.31. The fourth-order valence-corrected chi connectivity index (χ4v) is 2.23. The van der Waals surface area contributed by atoms with Crippen LogP contribution in [0.15, 0.2) is 24.3 Å². The van der Waals surface area contributed by atoms with Gasteiger partial charge < -0.3 is 10.1 Å². The van der Waals surface area contributed by atoms with Gasteiger partial charge in [0, 0.05) is 6.92 Å². The molecule has 2 rings (SSSR count). The second kappa shape index (κ2) is 6.96. The first-order valence-corrected chi connectivity index (χ1v) is 7.26. The fourth-order valence-electron chi connectivity index (χ4n) is 2.23. The van der Waals surface area contributed by atoms with Crippen molar-refractivity contribution >= 4 is 17.6 Å². The van der Waals surface area contributed by atoms with Crippen LogP contribution in [0.4, 0.5) is 18.9 Å². The van der Waals surface area contributed by atoms with Gasteiger partial charge in [0.1, 0.15) is 0 Å². The third-order valence-corrected chi connectivity index (χ3v) is 3.38. The van der Waals surface area contributed by atoms with Crippen molar-refractivity contribution in [3.05, 3.63) is 41.2 Å². The number of nitrogens with one attached hydrogen (secondary N) is 1. The summed E-state index contributed by atoms with van der Waals surface area (Å²) in [5.74, 6) is -1.16. The number of esters is 1. The van der Waals surface area contributed by atoms with Crippen LogP contribution in [0.1, 0.15) is 23.9 Å². The zero-order valence-electron chi connectivity index (χ0n) is 13.8. The number of aromatic nitrogens is 2. The van der Waals surface area contributed by atoms with Crippen molar-refractivity contribution < 1.29 is 27.5 Å². The Morgan fingerprint density at radius 2 is 1.96 bits per heavy atom. The highest BCUT2D eigenvalue weighted by atomic mass is 19.4. The highest BCUT2D eigenvalue weighted by molar-refractivity contribution is 5.93. The molecule has 2 aromatic rings. The Balaban J connectivity index is 2.30. The van der Waals surface area contributed by atoms with Gasteiger partial charge in [-0.15, -0.1) is 0 Å². The number of halogens is 3. The van der Waals surface area contributed by atoms with E-state index in [9.17, 15) is 22.8 Å². The normalized spacial score (nSPS) is 11.3. The van der Waals surface area contributed by atoms with Crippen molar-refractivity contribution in [3.8, 4) is 5.69 Å². The van der Waals surface area contributed by atoms with Crippen molar-refractivity contribution in [2.45, 2.75) is 26.9 Å². The van der Waals surface area contributed by atoms with Gasteiger partial charge in [0.15, 0.2) is 6.61 Å². The van der Waals surface area contributed by atoms with Gasteiger partial charge >= 0.3 is 12.1 Å². The lowest BCUT2D eigenvalue weighted by Gasteiger charge is -2.10. The van der Waals surface area contributed by atoms with Crippen LogP contribution in [0.25, 0.3) is 5.69 Å². The first kappa shape index (κ1) is 18.5. The van der Waals surface area contributed by atoms with E-state index in [1.165, 1.54) is 23.7 Å². The smallest absolute Gasteiger partial charge is 0.416 e. The molecule has 0 saturated heterocycles. The fraction of sp³-hybridized carbons (Fsp3) is 0.312. The molecule has 0 aliphatic carbocycles. The van der Waals surface area contributed by atoms with Gasteiger partial charge in [-0.05, 0) is 32.0 Å². The summed E-state index contributed by atoms with van der Waals surface area (Å²) in [5, 5.41) is 6.73. The summed E-state index contributed by atoms with van der Waals surface area (Å²) in [5.41, 5.74) is 0.655. The number of nitrogens with zero attached hydrogens (tertiary/aromatic N) is 2. The molecule has 1 heterocycles. The van der Waals surface area contributed by atoms with E-state index in [2.05, 4.69) is 15.2 Å². The van der Waals surface area contributed by atoms with Gasteiger partial charge in [0.25, 0.3) is 5.91 Å². The number of amides is 1. The van der Waals surface area contributed by atoms with Gasteiger partial charge in [-0.1, -0.05) is 6.07 Å². The molecular weight excluding hydrogens is 339 g/mol. The molecule has 0 spiro atoms. The van der Waals surface area contributed by atoms with Crippen molar-refractivity contribution in [2.24, 2.45) is 0 Å². The van der Waals surface area contributed by atoms with Crippen LogP contribution in [-0.2, 0) is 20.5 Å². The van der Waals surface area contributed by atoms with Gasteiger partial charge in [0.2, 0.25) is 0 Å². The average molecular weight is 355 g/mol. The topological polar surface area (TPSA) is 73.2 Å². The molecule has 6 nitrogen and oxygen atoms in total. The maximum absolute atomic E-state index is 12.9. The molecule has 25 heavy (non-hydrogen) atoms. The van der Waals surface area contributed by atoms with Crippen molar-refractivity contribution in [1.29, 1.82) is 0 Å². The summed E-state index contributed by atoms with van der Waals surface area (Å²) in [7, 11) is 0. The Hall–Kier alpha value is -2.84. The second-order valence-electron chi connectivity index (χ2n) is 5.33. The maximum atomic E-state index is 12.9. The number of carbonyl (C=O) groups is 2.